The van der Waals surface area contributed by atoms with Gasteiger partial charge in [0.05, 0.1) is 4.90 Å². The van der Waals surface area contributed by atoms with Gasteiger partial charge in [-0.15, -0.1) is 0 Å². The van der Waals surface area contributed by atoms with Crippen molar-refractivity contribution in [1.82, 2.24) is 0 Å². The largest absolute Gasteiger partial charge is 0.427 e. The second kappa shape index (κ2) is 5.53. The Morgan fingerprint density at radius 1 is 1.19 bits per heavy atom. The van der Waals surface area contributed by atoms with Crippen LogP contribution in [-0.2, 0) is 9.59 Å². The second-order valence-electron chi connectivity index (χ2n) is 2.89. The lowest BCUT2D eigenvalue weighted by Gasteiger charge is -2.07. The third-order valence-corrected chi connectivity index (χ3v) is 2.04. The molecule has 6 heteroatoms. The quantitative estimate of drug-likeness (QED) is 0.497. The Morgan fingerprint density at radius 3 is 2.31 bits per heavy atom. The minimum Gasteiger partial charge on any atom is -0.427 e. The monoisotopic (exact) mass is 242 g/mol. The predicted octanol–water partition coefficient (Wildman–Crippen LogP) is 2.10. The van der Waals surface area contributed by atoms with Gasteiger partial charge >= 0.3 is 11.9 Å². The van der Waals surface area contributed by atoms with Crippen LogP contribution in [0.4, 0.5) is 0 Å². The van der Waals surface area contributed by atoms with Gasteiger partial charge in [0.2, 0.25) is 0 Å². The zero-order chi connectivity index (χ0) is 12.1. The lowest BCUT2D eigenvalue weighted by Crippen LogP contribution is -2.04. The third kappa shape index (κ3) is 3.56. The number of carbonyl (C=O) groups excluding carboxylic acids is 2. The van der Waals surface area contributed by atoms with Crippen LogP contribution < -0.4 is 9.47 Å². The van der Waals surface area contributed by atoms with Crippen molar-refractivity contribution in [2.75, 3.05) is 0 Å². The highest BCUT2D eigenvalue weighted by Crippen LogP contribution is 2.31. The van der Waals surface area contributed by atoms with E-state index < -0.39 is 11.9 Å². The number of ether oxygens (including phenoxy) is 2. The molecule has 0 unspecified atom stereocenters. The van der Waals surface area contributed by atoms with Crippen LogP contribution in [0.15, 0.2) is 23.1 Å². The first-order valence-corrected chi connectivity index (χ1v) is 5.12. The number of rotatable bonds is 3. The Balaban J connectivity index is 2.96. The van der Waals surface area contributed by atoms with E-state index in [0.717, 1.165) is 0 Å². The molecule has 0 aliphatic carbocycles. The van der Waals surface area contributed by atoms with Crippen molar-refractivity contribution >= 4 is 24.0 Å². The fourth-order valence-electron chi connectivity index (χ4n) is 1.03. The number of carbonyl (C=O) groups is 2. The highest BCUT2D eigenvalue weighted by Gasteiger charge is 2.09. The predicted molar refractivity (Wildman–Crippen MR) is 57.5 cm³/mol. The lowest BCUT2D eigenvalue weighted by atomic mass is 10.3. The zero-order valence-corrected chi connectivity index (χ0v) is 9.54. The van der Waals surface area contributed by atoms with Gasteiger partial charge in [-0.1, -0.05) is 0 Å². The molecule has 0 aliphatic rings. The normalized spacial score (nSPS) is 9.69. The molecule has 1 N–H and O–H groups in total. The first-order valence-electron chi connectivity index (χ1n) is 4.35. The molecule has 0 atom stereocenters. The Hall–Kier alpha value is -1.53. The van der Waals surface area contributed by atoms with Gasteiger partial charge in [-0.2, -0.15) is 0 Å². The van der Waals surface area contributed by atoms with Crippen LogP contribution in [0, 0.1) is 0 Å². The van der Waals surface area contributed by atoms with Gasteiger partial charge in [0.15, 0.2) is 0 Å². The number of hydrogen-bond donors (Lipinski definition) is 1. The van der Waals surface area contributed by atoms with Crippen LogP contribution in [0.3, 0.4) is 0 Å². The van der Waals surface area contributed by atoms with Gasteiger partial charge in [0.25, 0.3) is 0 Å². The van der Waals surface area contributed by atoms with Crippen molar-refractivity contribution in [3.63, 3.8) is 0 Å². The van der Waals surface area contributed by atoms with Crippen LogP contribution in [0.1, 0.15) is 13.8 Å². The second-order valence-corrected chi connectivity index (χ2v) is 3.51. The van der Waals surface area contributed by atoms with Crippen molar-refractivity contribution in [2.24, 2.45) is 0 Å². The molecule has 16 heavy (non-hydrogen) atoms. The Labute approximate surface area is 96.6 Å². The smallest absolute Gasteiger partial charge is 0.308 e. The average molecular weight is 242 g/mol. The maximum atomic E-state index is 10.7. The van der Waals surface area contributed by atoms with Crippen molar-refractivity contribution in [3.05, 3.63) is 18.2 Å². The summed E-state index contributed by atoms with van der Waals surface area (Å²) in [6.45, 7) is 2.53. The molecule has 1 rings (SSSR count). The van der Waals surface area contributed by atoms with E-state index in [-0.39, 0.29) is 11.5 Å². The Bertz CT molecular complexity index is 416. The van der Waals surface area contributed by atoms with Gasteiger partial charge in [-0.3, -0.25) is 9.59 Å². The Kier molecular flexibility index (Phi) is 4.33. The van der Waals surface area contributed by atoms with Gasteiger partial charge < -0.3 is 14.0 Å². The van der Waals surface area contributed by atoms with Gasteiger partial charge in [0.1, 0.15) is 11.5 Å². The SMILES string of the molecule is CC(=O)Oc1ccc(OC(C)=O)c(SO)c1. The molecular formula is C10H10O5S. The lowest BCUT2D eigenvalue weighted by molar-refractivity contribution is -0.133. The summed E-state index contributed by atoms with van der Waals surface area (Å²) in [6.07, 6.45) is 0. The van der Waals surface area contributed by atoms with Crippen molar-refractivity contribution < 1.29 is 23.6 Å². The van der Waals surface area contributed by atoms with Gasteiger partial charge in [-0.05, 0) is 12.1 Å². The molecule has 0 radical (unpaired) electrons. The fraction of sp³-hybridized carbons (Fsp3) is 0.200. The van der Waals surface area contributed by atoms with Crippen LogP contribution in [-0.4, -0.2) is 16.5 Å². The average Bonchev–Trinajstić information content (AvgIpc) is 2.18. The molecule has 0 aliphatic heterocycles. The molecule has 0 amide bonds. The molecule has 0 bridgehead atoms. The summed E-state index contributed by atoms with van der Waals surface area (Å²) in [5.74, 6) is -0.458. The van der Waals surface area contributed by atoms with E-state index in [9.17, 15) is 9.59 Å². The highest BCUT2D eigenvalue weighted by atomic mass is 32.2. The Morgan fingerprint density at radius 2 is 1.81 bits per heavy atom. The third-order valence-electron chi connectivity index (χ3n) is 1.53. The maximum absolute atomic E-state index is 10.7. The molecule has 0 heterocycles. The summed E-state index contributed by atoms with van der Waals surface area (Å²) in [7, 11) is 0. The van der Waals surface area contributed by atoms with E-state index in [1.165, 1.54) is 32.0 Å². The zero-order valence-electron chi connectivity index (χ0n) is 8.72. The molecule has 0 aromatic heterocycles. The highest BCUT2D eigenvalue weighted by molar-refractivity contribution is 7.93. The number of benzene rings is 1. The summed E-state index contributed by atoms with van der Waals surface area (Å²) in [5, 5.41) is 0. The molecule has 5 nitrogen and oxygen atoms in total. The minimum absolute atomic E-state index is 0.218. The molecular weight excluding hydrogens is 232 g/mol. The standard InChI is InChI=1S/C10H10O5S/c1-6(11)14-8-3-4-9(15-7(2)12)10(5-8)16-13/h3-5,13H,1-2H3. The summed E-state index contributed by atoms with van der Waals surface area (Å²) >= 11 is 0.410. The van der Waals surface area contributed by atoms with Crippen molar-refractivity contribution in [2.45, 2.75) is 18.7 Å². The van der Waals surface area contributed by atoms with Crippen LogP contribution in [0.25, 0.3) is 0 Å². The molecule has 0 saturated heterocycles. The number of hydrogen-bond acceptors (Lipinski definition) is 6. The van der Waals surface area contributed by atoms with Gasteiger partial charge in [-0.25, -0.2) is 0 Å². The molecule has 1 aromatic rings. The topological polar surface area (TPSA) is 72.8 Å². The van der Waals surface area contributed by atoms with E-state index in [0.29, 0.717) is 16.9 Å². The van der Waals surface area contributed by atoms with Crippen LogP contribution in [0.5, 0.6) is 11.5 Å². The maximum Gasteiger partial charge on any atom is 0.308 e. The van der Waals surface area contributed by atoms with E-state index in [1.807, 2.05) is 0 Å². The molecule has 0 spiro atoms. The van der Waals surface area contributed by atoms with Gasteiger partial charge in [0, 0.05) is 32.0 Å². The molecule has 1 aromatic carbocycles. The first kappa shape index (κ1) is 12.5. The summed E-state index contributed by atoms with van der Waals surface area (Å²) < 4.78 is 18.6. The summed E-state index contributed by atoms with van der Waals surface area (Å²) in [5.41, 5.74) is 0. The number of esters is 2. The summed E-state index contributed by atoms with van der Waals surface area (Å²) in [6, 6.07) is 4.32. The van der Waals surface area contributed by atoms with Crippen LogP contribution in [0.2, 0.25) is 0 Å². The fourth-order valence-corrected chi connectivity index (χ4v) is 1.40. The molecule has 86 valence electrons. The molecule has 0 saturated carbocycles. The van der Waals surface area contributed by atoms with E-state index in [4.69, 9.17) is 14.0 Å². The van der Waals surface area contributed by atoms with E-state index in [1.54, 1.807) is 0 Å². The molecule has 0 fully saturated rings. The summed E-state index contributed by atoms with van der Waals surface area (Å²) in [4.78, 5) is 21.7. The van der Waals surface area contributed by atoms with Crippen molar-refractivity contribution in [1.29, 1.82) is 0 Å². The minimum atomic E-state index is -0.490. The van der Waals surface area contributed by atoms with E-state index >= 15 is 0 Å². The van der Waals surface area contributed by atoms with E-state index in [2.05, 4.69) is 0 Å². The van der Waals surface area contributed by atoms with Crippen molar-refractivity contribution in [3.8, 4) is 11.5 Å². The van der Waals surface area contributed by atoms with Crippen LogP contribution >= 0.6 is 12.0 Å². The first-order chi connectivity index (χ1) is 7.52.